The van der Waals surface area contributed by atoms with Crippen LogP contribution in [0.1, 0.15) is 59.1 Å². The van der Waals surface area contributed by atoms with Gasteiger partial charge in [-0.2, -0.15) is 5.10 Å². The zero-order chi connectivity index (χ0) is 22.8. The van der Waals surface area contributed by atoms with Crippen molar-refractivity contribution in [3.05, 3.63) is 47.8 Å². The Morgan fingerprint density at radius 3 is 2.32 bits per heavy atom. The first-order valence-corrected chi connectivity index (χ1v) is 10.7. The first kappa shape index (κ1) is 23.1. The predicted octanol–water partition coefficient (Wildman–Crippen LogP) is 3.97. The number of benzene rings is 1. The molecule has 31 heavy (non-hydrogen) atoms. The minimum absolute atomic E-state index is 0.284. The van der Waals surface area contributed by atoms with Crippen molar-refractivity contribution in [1.82, 2.24) is 39.9 Å². The number of tetrazole rings is 1. The monoisotopic (exact) mass is 446 g/mol. The van der Waals surface area contributed by atoms with Gasteiger partial charge in [-0.15, -0.1) is 5.10 Å². The van der Waals surface area contributed by atoms with Crippen molar-refractivity contribution < 1.29 is 4.74 Å². The smallest absolute Gasteiger partial charge is 0.215 e. The van der Waals surface area contributed by atoms with Crippen LogP contribution in [0.25, 0.3) is 0 Å². The van der Waals surface area contributed by atoms with E-state index in [9.17, 15) is 0 Å². The number of hydrogen-bond acceptors (Lipinski definition) is 7. The lowest BCUT2D eigenvalue weighted by molar-refractivity contribution is -0.00543. The molecule has 3 atom stereocenters. The lowest BCUT2D eigenvalue weighted by Crippen LogP contribution is -2.44. The van der Waals surface area contributed by atoms with E-state index >= 15 is 0 Å². The van der Waals surface area contributed by atoms with E-state index in [2.05, 4.69) is 65.1 Å². The fraction of sp³-hybridized carbons (Fsp3) is 0.571. The summed E-state index contributed by atoms with van der Waals surface area (Å²) in [6.07, 6.45) is 3.43. The van der Waals surface area contributed by atoms with E-state index in [4.69, 9.17) is 16.3 Å². The van der Waals surface area contributed by atoms with Gasteiger partial charge in [0.05, 0.1) is 5.54 Å². The van der Waals surface area contributed by atoms with E-state index in [1.165, 1.54) is 6.33 Å². The van der Waals surface area contributed by atoms with Gasteiger partial charge in [-0.3, -0.25) is 4.90 Å². The van der Waals surface area contributed by atoms with Gasteiger partial charge in [0.2, 0.25) is 6.23 Å². The quantitative estimate of drug-likeness (QED) is 0.517. The van der Waals surface area contributed by atoms with Crippen LogP contribution in [0.3, 0.4) is 0 Å². The molecule has 2 heterocycles. The molecule has 0 spiro atoms. The molecule has 9 nitrogen and oxygen atoms in total. The lowest BCUT2D eigenvalue weighted by Gasteiger charge is -2.40. The maximum Gasteiger partial charge on any atom is 0.215 e. The third kappa shape index (κ3) is 4.72. The normalized spacial score (nSPS) is 16.2. The molecule has 0 aliphatic carbocycles. The van der Waals surface area contributed by atoms with E-state index in [-0.39, 0.29) is 17.0 Å². The van der Waals surface area contributed by atoms with Crippen LogP contribution in [-0.2, 0) is 5.54 Å². The van der Waals surface area contributed by atoms with Crippen LogP contribution < -0.4 is 4.74 Å². The van der Waals surface area contributed by atoms with Gasteiger partial charge >= 0.3 is 0 Å². The molecule has 0 bridgehead atoms. The van der Waals surface area contributed by atoms with Gasteiger partial charge in [0.25, 0.3) is 0 Å². The molecule has 0 saturated heterocycles. The van der Waals surface area contributed by atoms with Crippen LogP contribution in [0.15, 0.2) is 36.9 Å². The summed E-state index contributed by atoms with van der Waals surface area (Å²) in [5.74, 6) is 1.43. The highest BCUT2D eigenvalue weighted by Gasteiger charge is 2.43. The molecule has 0 fully saturated rings. The number of rotatable bonds is 8. The van der Waals surface area contributed by atoms with Crippen LogP contribution in [0.5, 0.6) is 5.75 Å². The summed E-state index contributed by atoms with van der Waals surface area (Å²) in [6, 6.07) is 6.97. The molecule has 0 unspecified atom stereocenters. The van der Waals surface area contributed by atoms with E-state index in [0.717, 1.165) is 12.2 Å². The zero-order valence-electron chi connectivity index (χ0n) is 19.2. The number of nitrogens with zero attached hydrogens (tertiary/aromatic N) is 8. The predicted molar refractivity (Wildman–Crippen MR) is 119 cm³/mol. The summed E-state index contributed by atoms with van der Waals surface area (Å²) in [7, 11) is 4.07. The molecule has 0 aliphatic heterocycles. The molecule has 0 amide bonds. The molecule has 3 aromatic rings. The summed E-state index contributed by atoms with van der Waals surface area (Å²) >= 11 is 6.06. The Balaban J connectivity index is 2.15. The fourth-order valence-corrected chi connectivity index (χ4v) is 3.72. The van der Waals surface area contributed by atoms with E-state index in [0.29, 0.717) is 10.8 Å². The van der Waals surface area contributed by atoms with Gasteiger partial charge in [-0.25, -0.2) is 14.3 Å². The first-order chi connectivity index (χ1) is 14.6. The molecule has 0 aliphatic rings. The lowest BCUT2D eigenvalue weighted by atomic mass is 9.84. The van der Waals surface area contributed by atoms with Crippen molar-refractivity contribution >= 4 is 11.6 Å². The van der Waals surface area contributed by atoms with Crippen LogP contribution in [-0.4, -0.2) is 54.0 Å². The molecule has 0 radical (unpaired) electrons. The fourth-order valence-electron chi connectivity index (χ4n) is 3.59. The van der Waals surface area contributed by atoms with Crippen LogP contribution in [0.2, 0.25) is 5.02 Å². The molecule has 1 aromatic carbocycles. The average Bonchev–Trinajstić information content (AvgIpc) is 3.39. The number of hydrogen-bond donors (Lipinski definition) is 0. The molecule has 3 rings (SSSR count). The minimum atomic E-state index is -0.547. The first-order valence-electron chi connectivity index (χ1n) is 10.3. The topological polar surface area (TPSA) is 86.8 Å². The highest BCUT2D eigenvalue weighted by atomic mass is 35.5. The number of halogens is 1. The SMILES string of the molecule is CC[C@@](C)(c1nnnn1[C@@H]([C@H](Oc1ccc(Cl)cc1)n1cncn1)C(C)(C)C)N(C)C. The van der Waals surface area contributed by atoms with Gasteiger partial charge < -0.3 is 4.74 Å². The van der Waals surface area contributed by atoms with Crippen molar-refractivity contribution in [2.45, 2.75) is 58.8 Å². The highest BCUT2D eigenvalue weighted by molar-refractivity contribution is 6.30. The molecule has 0 N–H and O–H groups in total. The van der Waals surface area contributed by atoms with Crippen molar-refractivity contribution in [3.8, 4) is 5.75 Å². The Morgan fingerprint density at radius 1 is 1.13 bits per heavy atom. The van der Waals surface area contributed by atoms with E-state index < -0.39 is 6.23 Å². The second-order valence-electron chi connectivity index (χ2n) is 9.12. The highest BCUT2D eigenvalue weighted by Crippen LogP contribution is 2.42. The Hall–Kier alpha value is -2.52. The Morgan fingerprint density at radius 2 is 1.81 bits per heavy atom. The van der Waals surface area contributed by atoms with E-state index in [1.807, 2.05) is 30.9 Å². The van der Waals surface area contributed by atoms with Crippen molar-refractivity contribution in [2.24, 2.45) is 5.41 Å². The molecule has 168 valence electrons. The van der Waals surface area contributed by atoms with E-state index in [1.54, 1.807) is 23.1 Å². The summed E-state index contributed by atoms with van der Waals surface area (Å²) in [5, 5.41) is 18.0. The van der Waals surface area contributed by atoms with Gasteiger partial charge in [0.1, 0.15) is 24.4 Å². The van der Waals surface area contributed by atoms with Crippen molar-refractivity contribution in [3.63, 3.8) is 0 Å². The molecule has 2 aromatic heterocycles. The van der Waals surface area contributed by atoms with Gasteiger partial charge in [0, 0.05) is 5.02 Å². The van der Waals surface area contributed by atoms with Crippen molar-refractivity contribution in [2.75, 3.05) is 14.1 Å². The van der Waals surface area contributed by atoms with Crippen LogP contribution in [0.4, 0.5) is 0 Å². The second kappa shape index (κ2) is 8.92. The third-order valence-corrected chi connectivity index (χ3v) is 6.09. The molecular formula is C21H31ClN8O. The van der Waals surface area contributed by atoms with Crippen LogP contribution in [0, 0.1) is 5.41 Å². The standard InChI is InChI=1S/C21H31ClN8O/c1-8-21(5,28(6)7)19-25-26-27-30(19)17(20(2,3)4)18(29-14-23-13-24-29)31-16-11-9-15(22)10-12-16/h9-14,17-18H,8H2,1-7H3/t17-,18-,21-/m0/s1. The molecular weight excluding hydrogens is 416 g/mol. The number of aromatic nitrogens is 7. The Kier molecular flexibility index (Phi) is 6.66. The summed E-state index contributed by atoms with van der Waals surface area (Å²) in [6.45, 7) is 10.7. The number of ether oxygens (including phenoxy) is 1. The third-order valence-electron chi connectivity index (χ3n) is 5.84. The Bertz CT molecular complexity index is 964. The van der Waals surface area contributed by atoms with Crippen LogP contribution >= 0.6 is 11.6 Å². The largest absolute Gasteiger partial charge is 0.466 e. The second-order valence-corrected chi connectivity index (χ2v) is 9.55. The maximum absolute atomic E-state index is 6.46. The molecule has 0 saturated carbocycles. The van der Waals surface area contributed by atoms with Gasteiger partial charge in [-0.1, -0.05) is 39.3 Å². The van der Waals surface area contributed by atoms with Gasteiger partial charge in [0.15, 0.2) is 5.82 Å². The molecule has 10 heteroatoms. The van der Waals surface area contributed by atoms with Gasteiger partial charge in [-0.05, 0) is 67.5 Å². The maximum atomic E-state index is 6.46. The summed E-state index contributed by atoms with van der Waals surface area (Å²) in [4.78, 5) is 6.28. The summed E-state index contributed by atoms with van der Waals surface area (Å²) < 4.78 is 10.0. The van der Waals surface area contributed by atoms with Crippen molar-refractivity contribution in [1.29, 1.82) is 0 Å². The Labute approximate surface area is 188 Å². The zero-order valence-corrected chi connectivity index (χ0v) is 19.9. The average molecular weight is 447 g/mol. The minimum Gasteiger partial charge on any atom is -0.466 e. The summed E-state index contributed by atoms with van der Waals surface area (Å²) in [5.41, 5.74) is -0.645.